The van der Waals surface area contributed by atoms with E-state index >= 15 is 0 Å². The van der Waals surface area contributed by atoms with Crippen molar-refractivity contribution in [1.29, 1.82) is 0 Å². The summed E-state index contributed by atoms with van der Waals surface area (Å²) in [5, 5.41) is 3.31. The smallest absolute Gasteiger partial charge is 0.224 e. The molecule has 12 heavy (non-hydrogen) atoms. The highest BCUT2D eigenvalue weighted by atomic mass is 35.5. The minimum Gasteiger partial charge on any atom is -0.355 e. The van der Waals surface area contributed by atoms with Crippen LogP contribution in [0.2, 0.25) is 0 Å². The summed E-state index contributed by atoms with van der Waals surface area (Å²) in [5.74, 6) is 0.353. The van der Waals surface area contributed by atoms with Crippen molar-refractivity contribution in [3.63, 3.8) is 0 Å². The van der Waals surface area contributed by atoms with Crippen LogP contribution >= 0.6 is 23.4 Å². The average Bonchev–Trinajstić information content (AvgIpc) is 2.11. The van der Waals surface area contributed by atoms with Crippen molar-refractivity contribution < 1.29 is 4.79 Å². The fourth-order valence-corrected chi connectivity index (χ4v) is 0.962. The molecule has 0 fully saturated rings. The lowest BCUT2D eigenvalue weighted by molar-refractivity contribution is -0.123. The van der Waals surface area contributed by atoms with Gasteiger partial charge in [-0.25, -0.2) is 0 Å². The van der Waals surface area contributed by atoms with Crippen molar-refractivity contribution in [3.05, 3.63) is 0 Å². The van der Waals surface area contributed by atoms with Crippen LogP contribution in [0.3, 0.4) is 0 Å². The van der Waals surface area contributed by atoms with Crippen molar-refractivity contribution in [2.75, 3.05) is 18.7 Å². The second kappa shape index (κ2) is 6.61. The maximum atomic E-state index is 11.2. The van der Waals surface area contributed by atoms with Crippen molar-refractivity contribution in [2.45, 2.75) is 19.1 Å². The number of hydrogen-bond acceptors (Lipinski definition) is 2. The first-order valence-corrected chi connectivity index (χ1v) is 5.80. The molecule has 0 aliphatic heterocycles. The van der Waals surface area contributed by atoms with E-state index in [0.717, 1.165) is 6.54 Å². The Hall–Kier alpha value is 0.110. The summed E-state index contributed by atoms with van der Waals surface area (Å²) < 4.78 is 0. The maximum Gasteiger partial charge on any atom is 0.224 e. The molecule has 0 radical (unpaired) electrons. The minimum atomic E-state index is -0.0827. The van der Waals surface area contributed by atoms with E-state index in [2.05, 4.69) is 12.2 Å². The van der Waals surface area contributed by atoms with Gasteiger partial charge in [0.2, 0.25) is 5.91 Å². The Morgan fingerprint density at radius 3 is 2.58 bits per heavy atom. The van der Waals surface area contributed by atoms with Gasteiger partial charge < -0.3 is 5.32 Å². The minimum absolute atomic E-state index is 0.0471. The number of amides is 1. The van der Waals surface area contributed by atoms with Crippen molar-refractivity contribution >= 4 is 29.3 Å². The number of carbonyl (C=O) groups is 1. The molecule has 0 aromatic rings. The van der Waals surface area contributed by atoms with Gasteiger partial charge in [-0.1, -0.05) is 13.8 Å². The molecule has 0 aliphatic carbocycles. The van der Waals surface area contributed by atoms with Crippen molar-refractivity contribution in [3.8, 4) is 0 Å². The van der Waals surface area contributed by atoms with Gasteiger partial charge in [0.1, 0.15) is 0 Å². The zero-order chi connectivity index (χ0) is 9.56. The fourth-order valence-electron chi connectivity index (χ4n) is 0.572. The molecular formula is C8H16ClNOS. The van der Waals surface area contributed by atoms with Gasteiger partial charge in [0.15, 0.2) is 0 Å². The Bertz CT molecular complexity index is 143. The second-order valence-corrected chi connectivity index (χ2v) is 4.43. The predicted molar refractivity (Wildman–Crippen MR) is 55.9 cm³/mol. The number of alkyl halides is 1. The summed E-state index contributed by atoms with van der Waals surface area (Å²) in [7, 11) is 0. The Labute approximate surface area is 83.4 Å². The number of halogens is 1. The molecule has 1 N–H and O–H groups in total. The monoisotopic (exact) mass is 209 g/mol. The van der Waals surface area contributed by atoms with E-state index < -0.39 is 0 Å². The van der Waals surface area contributed by atoms with E-state index in [1.165, 1.54) is 0 Å². The third-order valence-electron chi connectivity index (χ3n) is 1.65. The van der Waals surface area contributed by atoms with E-state index in [1.54, 1.807) is 11.8 Å². The van der Waals surface area contributed by atoms with Crippen LogP contribution in [0.4, 0.5) is 0 Å². The third kappa shape index (κ3) is 4.88. The first kappa shape index (κ1) is 12.1. The van der Waals surface area contributed by atoms with Gasteiger partial charge in [0.25, 0.3) is 0 Å². The molecule has 4 heteroatoms. The predicted octanol–water partition coefficient (Wildman–Crippen LogP) is 1.73. The molecule has 0 aliphatic rings. The zero-order valence-electron chi connectivity index (χ0n) is 7.76. The molecule has 0 saturated heterocycles. The highest BCUT2D eigenvalue weighted by Crippen LogP contribution is 2.03. The average molecular weight is 210 g/mol. The van der Waals surface area contributed by atoms with Crippen LogP contribution in [-0.2, 0) is 4.79 Å². The zero-order valence-corrected chi connectivity index (χ0v) is 9.34. The summed E-state index contributed by atoms with van der Waals surface area (Å²) in [6, 6.07) is 0. The van der Waals surface area contributed by atoms with Gasteiger partial charge in [-0.2, -0.15) is 11.8 Å². The molecule has 72 valence electrons. The van der Waals surface area contributed by atoms with Crippen molar-refractivity contribution in [1.82, 2.24) is 5.32 Å². The second-order valence-electron chi connectivity index (χ2n) is 2.85. The van der Waals surface area contributed by atoms with Gasteiger partial charge in [0.05, 0.1) is 0 Å². The summed E-state index contributed by atoms with van der Waals surface area (Å²) in [5.41, 5.74) is 0. The number of hydrogen-bond donors (Lipinski definition) is 1. The van der Waals surface area contributed by atoms with E-state index in [-0.39, 0.29) is 11.8 Å². The number of carbonyl (C=O) groups excluding carboxylic acids is 1. The lowest BCUT2D eigenvalue weighted by Gasteiger charge is -2.12. The van der Waals surface area contributed by atoms with Gasteiger partial charge in [-0.05, 0) is 6.26 Å². The number of nitrogens with one attached hydrogen (secondary N) is 1. The maximum absolute atomic E-state index is 11.2. The van der Waals surface area contributed by atoms with Crippen LogP contribution in [0.25, 0.3) is 0 Å². The Morgan fingerprint density at radius 1 is 1.58 bits per heavy atom. The molecule has 0 heterocycles. The molecule has 1 amide bonds. The van der Waals surface area contributed by atoms with E-state index in [1.807, 2.05) is 13.2 Å². The lowest BCUT2D eigenvalue weighted by atomic mass is 10.2. The van der Waals surface area contributed by atoms with Crippen LogP contribution < -0.4 is 5.32 Å². The van der Waals surface area contributed by atoms with E-state index in [4.69, 9.17) is 11.6 Å². The van der Waals surface area contributed by atoms with Crippen molar-refractivity contribution in [2.24, 2.45) is 5.92 Å². The first-order chi connectivity index (χ1) is 5.61. The summed E-state index contributed by atoms with van der Waals surface area (Å²) >= 11 is 7.27. The molecule has 0 saturated carbocycles. The summed E-state index contributed by atoms with van der Waals surface area (Å²) in [4.78, 5) is 11.2. The molecule has 0 aromatic heterocycles. The highest BCUT2D eigenvalue weighted by Gasteiger charge is 2.11. The van der Waals surface area contributed by atoms with Crippen LogP contribution in [0, 0.1) is 5.92 Å². The standard InChI is InChI=1S/C8H16ClNOS/c1-6(4-9)8(11)10-5-7(2)12-3/h6-7H,4-5H2,1-3H3,(H,10,11). The molecule has 2 atom stereocenters. The number of rotatable bonds is 5. The Balaban J connectivity index is 3.56. The van der Waals surface area contributed by atoms with Crippen LogP contribution in [0.1, 0.15) is 13.8 Å². The normalized spacial score (nSPS) is 15.3. The van der Waals surface area contributed by atoms with Gasteiger partial charge in [0, 0.05) is 23.6 Å². The Morgan fingerprint density at radius 2 is 2.17 bits per heavy atom. The quantitative estimate of drug-likeness (QED) is 0.699. The number of thioether (sulfide) groups is 1. The molecule has 0 bridgehead atoms. The Kier molecular flexibility index (Phi) is 6.67. The van der Waals surface area contributed by atoms with Gasteiger partial charge in [-0.15, -0.1) is 11.6 Å². The van der Waals surface area contributed by atoms with Crippen LogP contribution in [0.15, 0.2) is 0 Å². The largest absolute Gasteiger partial charge is 0.355 e. The first-order valence-electron chi connectivity index (χ1n) is 3.98. The molecule has 0 aromatic carbocycles. The molecular weight excluding hydrogens is 194 g/mol. The van der Waals surface area contributed by atoms with Gasteiger partial charge in [-0.3, -0.25) is 4.79 Å². The fraction of sp³-hybridized carbons (Fsp3) is 0.875. The van der Waals surface area contributed by atoms with E-state index in [9.17, 15) is 4.79 Å². The summed E-state index contributed by atoms with van der Waals surface area (Å²) in [6.07, 6.45) is 2.03. The van der Waals surface area contributed by atoms with Crippen LogP contribution in [-0.4, -0.2) is 29.8 Å². The van der Waals surface area contributed by atoms with Crippen LogP contribution in [0.5, 0.6) is 0 Å². The molecule has 2 nitrogen and oxygen atoms in total. The topological polar surface area (TPSA) is 29.1 Å². The molecule has 2 unspecified atom stereocenters. The lowest BCUT2D eigenvalue weighted by Crippen LogP contribution is -2.34. The summed E-state index contributed by atoms with van der Waals surface area (Å²) in [6.45, 7) is 4.63. The van der Waals surface area contributed by atoms with Gasteiger partial charge >= 0.3 is 0 Å². The SMILES string of the molecule is CSC(C)CNC(=O)C(C)CCl. The molecule has 0 rings (SSSR count). The molecule has 0 spiro atoms. The highest BCUT2D eigenvalue weighted by molar-refractivity contribution is 7.99. The third-order valence-corrected chi connectivity index (χ3v) is 3.08. The van der Waals surface area contributed by atoms with E-state index in [0.29, 0.717) is 11.1 Å².